The van der Waals surface area contributed by atoms with Crippen LogP contribution in [0, 0.1) is 16.7 Å². The largest absolute Gasteiger partial charge is 0.315 e. The highest BCUT2D eigenvalue weighted by Gasteiger charge is 2.30. The maximum absolute atomic E-state index is 11.6. The number of nitriles is 1. The summed E-state index contributed by atoms with van der Waals surface area (Å²) >= 11 is 0. The second-order valence-corrected chi connectivity index (χ2v) is 8.19. The van der Waals surface area contributed by atoms with Gasteiger partial charge in [-0.3, -0.25) is 0 Å². The van der Waals surface area contributed by atoms with Crippen LogP contribution in [0.1, 0.15) is 46.0 Å². The molecule has 0 aliphatic carbocycles. The van der Waals surface area contributed by atoms with Gasteiger partial charge >= 0.3 is 0 Å². The Kier molecular flexibility index (Phi) is 5.61. The Bertz CT molecular complexity index is 396. The van der Waals surface area contributed by atoms with Gasteiger partial charge in [0.25, 0.3) is 0 Å². The smallest absolute Gasteiger partial charge is 0.154 e. The quantitative estimate of drug-likeness (QED) is 0.718. The third kappa shape index (κ3) is 4.95. The van der Waals surface area contributed by atoms with Crippen LogP contribution in [0.25, 0.3) is 0 Å². The summed E-state index contributed by atoms with van der Waals surface area (Å²) in [5, 5.41) is 11.9. The molecule has 0 aromatic rings. The highest BCUT2D eigenvalue weighted by molar-refractivity contribution is 7.92. The summed E-state index contributed by atoms with van der Waals surface area (Å²) in [7, 11) is -2.81. The molecule has 4 nitrogen and oxygen atoms in total. The molecular weight excluding hydrogens is 248 g/mol. The number of nitrogens with one attached hydrogen (secondary N) is 1. The Morgan fingerprint density at radius 1 is 1.39 bits per heavy atom. The first-order valence-electron chi connectivity index (χ1n) is 6.71. The molecule has 1 atom stereocenters. The number of nitrogens with zero attached hydrogens (tertiary/aromatic N) is 1. The van der Waals surface area contributed by atoms with E-state index in [1.807, 2.05) is 13.8 Å². The van der Waals surface area contributed by atoms with Crippen LogP contribution in [-0.4, -0.2) is 32.5 Å². The number of rotatable bonds is 7. The van der Waals surface area contributed by atoms with Crippen LogP contribution in [0.5, 0.6) is 0 Å². The van der Waals surface area contributed by atoms with Gasteiger partial charge in [-0.25, -0.2) is 8.42 Å². The topological polar surface area (TPSA) is 70.0 Å². The fourth-order valence-electron chi connectivity index (χ4n) is 2.22. The summed E-state index contributed by atoms with van der Waals surface area (Å²) in [6, 6.07) is 2.29. The zero-order valence-electron chi connectivity index (χ0n) is 11.4. The van der Waals surface area contributed by atoms with Crippen molar-refractivity contribution in [3.8, 4) is 6.07 Å². The SMILES string of the molecule is CC(C)(C#N)CCCCNCC1CCCS1(=O)=O. The summed E-state index contributed by atoms with van der Waals surface area (Å²) in [6.07, 6.45) is 4.51. The molecule has 1 N–H and O–H groups in total. The van der Waals surface area contributed by atoms with E-state index in [-0.39, 0.29) is 10.7 Å². The van der Waals surface area contributed by atoms with E-state index in [1.54, 1.807) is 0 Å². The normalized spacial score (nSPS) is 22.8. The van der Waals surface area contributed by atoms with Crippen LogP contribution >= 0.6 is 0 Å². The molecule has 1 aliphatic heterocycles. The molecule has 0 amide bonds. The van der Waals surface area contributed by atoms with Gasteiger partial charge in [0.15, 0.2) is 9.84 Å². The van der Waals surface area contributed by atoms with E-state index < -0.39 is 9.84 Å². The molecular formula is C13H24N2O2S. The van der Waals surface area contributed by atoms with Crippen LogP contribution in [0.4, 0.5) is 0 Å². The van der Waals surface area contributed by atoms with Gasteiger partial charge in [0.05, 0.1) is 22.5 Å². The highest BCUT2D eigenvalue weighted by Crippen LogP contribution is 2.21. The molecule has 1 fully saturated rings. The van der Waals surface area contributed by atoms with E-state index in [4.69, 9.17) is 5.26 Å². The zero-order valence-corrected chi connectivity index (χ0v) is 12.2. The molecule has 1 aliphatic rings. The van der Waals surface area contributed by atoms with Gasteiger partial charge in [0, 0.05) is 6.54 Å². The molecule has 0 aromatic carbocycles. The van der Waals surface area contributed by atoms with E-state index >= 15 is 0 Å². The zero-order chi connectivity index (χ0) is 13.6. The Morgan fingerprint density at radius 3 is 2.67 bits per heavy atom. The second-order valence-electron chi connectivity index (χ2n) is 5.79. The van der Waals surface area contributed by atoms with Crippen molar-refractivity contribution in [2.24, 2.45) is 5.41 Å². The number of unbranched alkanes of at least 4 members (excludes halogenated alkanes) is 1. The van der Waals surface area contributed by atoms with E-state index in [2.05, 4.69) is 11.4 Å². The maximum atomic E-state index is 11.6. The van der Waals surface area contributed by atoms with Crippen LogP contribution in [0.3, 0.4) is 0 Å². The van der Waals surface area contributed by atoms with Crippen molar-refractivity contribution in [2.45, 2.75) is 51.2 Å². The van der Waals surface area contributed by atoms with Crippen molar-refractivity contribution < 1.29 is 8.42 Å². The maximum Gasteiger partial charge on any atom is 0.154 e. The van der Waals surface area contributed by atoms with Crippen molar-refractivity contribution in [3.05, 3.63) is 0 Å². The van der Waals surface area contributed by atoms with Crippen molar-refractivity contribution in [1.82, 2.24) is 5.32 Å². The first-order chi connectivity index (χ1) is 8.37. The molecule has 18 heavy (non-hydrogen) atoms. The van der Waals surface area contributed by atoms with Crippen LogP contribution < -0.4 is 5.32 Å². The van der Waals surface area contributed by atoms with Crippen LogP contribution in [0.15, 0.2) is 0 Å². The van der Waals surface area contributed by atoms with Gasteiger partial charge in [0.2, 0.25) is 0 Å². The van der Waals surface area contributed by atoms with Crippen molar-refractivity contribution in [2.75, 3.05) is 18.8 Å². The number of hydrogen-bond acceptors (Lipinski definition) is 4. The number of sulfone groups is 1. The number of hydrogen-bond donors (Lipinski definition) is 1. The minimum absolute atomic E-state index is 0.173. The lowest BCUT2D eigenvalue weighted by Gasteiger charge is -2.15. The molecule has 0 radical (unpaired) electrons. The summed E-state index contributed by atoms with van der Waals surface area (Å²) in [5.41, 5.74) is -0.241. The summed E-state index contributed by atoms with van der Waals surface area (Å²) in [5.74, 6) is 0.357. The van der Waals surface area contributed by atoms with E-state index in [9.17, 15) is 8.42 Å². The third-order valence-electron chi connectivity index (χ3n) is 3.54. The summed E-state index contributed by atoms with van der Waals surface area (Å²) in [6.45, 7) is 5.33. The van der Waals surface area contributed by atoms with Crippen molar-refractivity contribution in [1.29, 1.82) is 5.26 Å². The van der Waals surface area contributed by atoms with Crippen molar-refractivity contribution in [3.63, 3.8) is 0 Å². The lowest BCUT2D eigenvalue weighted by molar-refractivity contribution is 0.422. The molecule has 0 bridgehead atoms. The Morgan fingerprint density at radius 2 is 2.11 bits per heavy atom. The van der Waals surface area contributed by atoms with Crippen molar-refractivity contribution >= 4 is 9.84 Å². The van der Waals surface area contributed by atoms with E-state index in [0.717, 1.165) is 38.6 Å². The third-order valence-corrected chi connectivity index (χ3v) is 5.82. The Hall–Kier alpha value is -0.600. The minimum atomic E-state index is -2.81. The van der Waals surface area contributed by atoms with Crippen LogP contribution in [-0.2, 0) is 9.84 Å². The Balaban J connectivity index is 2.08. The first-order valence-corrected chi connectivity index (χ1v) is 8.42. The molecule has 104 valence electrons. The molecule has 1 heterocycles. The first kappa shape index (κ1) is 15.5. The standard InChI is InChI=1S/C13H24N2O2S/c1-13(2,11-14)7-3-4-8-15-10-12-6-5-9-18(12,16)17/h12,15H,3-10H2,1-2H3. The molecule has 0 spiro atoms. The molecule has 1 rings (SSSR count). The predicted molar refractivity (Wildman–Crippen MR) is 72.9 cm³/mol. The lowest BCUT2D eigenvalue weighted by atomic mass is 9.89. The van der Waals surface area contributed by atoms with Gasteiger partial charge in [0.1, 0.15) is 0 Å². The summed E-state index contributed by atoms with van der Waals surface area (Å²) in [4.78, 5) is 0. The minimum Gasteiger partial charge on any atom is -0.315 e. The second kappa shape index (κ2) is 6.53. The molecule has 1 saturated heterocycles. The Labute approximate surface area is 111 Å². The fourth-order valence-corrected chi connectivity index (χ4v) is 4.02. The average Bonchev–Trinajstić information content (AvgIpc) is 2.63. The van der Waals surface area contributed by atoms with Gasteiger partial charge in [-0.1, -0.05) is 6.42 Å². The molecule has 1 unspecified atom stereocenters. The van der Waals surface area contributed by atoms with Gasteiger partial charge in [-0.15, -0.1) is 0 Å². The summed E-state index contributed by atoms with van der Waals surface area (Å²) < 4.78 is 23.2. The molecule has 0 saturated carbocycles. The van der Waals surface area contributed by atoms with E-state index in [1.165, 1.54) is 0 Å². The van der Waals surface area contributed by atoms with Crippen LogP contribution in [0.2, 0.25) is 0 Å². The van der Waals surface area contributed by atoms with Gasteiger partial charge in [-0.2, -0.15) is 5.26 Å². The average molecular weight is 272 g/mol. The molecule has 0 aromatic heterocycles. The lowest BCUT2D eigenvalue weighted by Crippen LogP contribution is -2.31. The van der Waals surface area contributed by atoms with E-state index in [0.29, 0.717) is 12.3 Å². The fraction of sp³-hybridized carbons (Fsp3) is 0.923. The van der Waals surface area contributed by atoms with Gasteiger partial charge < -0.3 is 5.32 Å². The van der Waals surface area contributed by atoms with Gasteiger partial charge in [-0.05, 0) is 46.1 Å². The monoisotopic (exact) mass is 272 g/mol. The highest BCUT2D eigenvalue weighted by atomic mass is 32.2. The molecule has 5 heteroatoms. The predicted octanol–water partition coefficient (Wildman–Crippen LogP) is 1.87.